The molecule has 1 aromatic heterocycles. The van der Waals surface area contributed by atoms with Gasteiger partial charge in [0.15, 0.2) is 0 Å². The largest absolute Gasteiger partial charge is 0.338 e. The van der Waals surface area contributed by atoms with Crippen LogP contribution < -0.4 is 10.6 Å². The fourth-order valence-corrected chi connectivity index (χ4v) is 2.63. The molecule has 0 aromatic carbocycles. The summed E-state index contributed by atoms with van der Waals surface area (Å²) < 4.78 is 0. The second-order valence-electron chi connectivity index (χ2n) is 6.03. The molecule has 3 atom stereocenters. The Morgan fingerprint density at radius 3 is 2.30 bits per heavy atom. The number of hydrogen-bond donors (Lipinski definition) is 1. The molecule has 0 aliphatic carbocycles. The van der Waals surface area contributed by atoms with E-state index in [4.69, 9.17) is 5.73 Å². The maximum atomic E-state index is 5.97. The molecule has 0 amide bonds. The number of anilines is 1. The molecule has 1 aromatic rings. The molecule has 2 heterocycles. The molecule has 112 valence electrons. The molecule has 20 heavy (non-hydrogen) atoms. The van der Waals surface area contributed by atoms with Crippen molar-refractivity contribution in [1.82, 2.24) is 14.9 Å². The van der Waals surface area contributed by atoms with Gasteiger partial charge in [-0.3, -0.25) is 4.90 Å². The molecule has 0 radical (unpaired) electrons. The van der Waals surface area contributed by atoms with Gasteiger partial charge in [-0.1, -0.05) is 6.92 Å². The summed E-state index contributed by atoms with van der Waals surface area (Å²) in [6, 6.07) is 1.25. The summed E-state index contributed by atoms with van der Waals surface area (Å²) in [6.45, 7) is 8.56. The topological polar surface area (TPSA) is 58.3 Å². The molecule has 5 nitrogen and oxygen atoms in total. The van der Waals surface area contributed by atoms with Gasteiger partial charge in [0.25, 0.3) is 0 Å². The Balaban J connectivity index is 2.03. The lowest BCUT2D eigenvalue weighted by atomic mass is 10.1. The maximum absolute atomic E-state index is 5.97. The van der Waals surface area contributed by atoms with Gasteiger partial charge in [-0.25, -0.2) is 9.97 Å². The predicted octanol–water partition coefficient (Wildman–Crippen LogP) is 1.29. The number of nitrogens with two attached hydrogens (primary N) is 1. The maximum Gasteiger partial charge on any atom is 0.225 e. The number of hydrogen-bond acceptors (Lipinski definition) is 5. The third-order valence-electron chi connectivity index (χ3n) is 4.36. The zero-order valence-corrected chi connectivity index (χ0v) is 13.1. The Morgan fingerprint density at radius 1 is 1.25 bits per heavy atom. The molecule has 3 unspecified atom stereocenters. The third-order valence-corrected chi connectivity index (χ3v) is 4.36. The van der Waals surface area contributed by atoms with E-state index in [1.54, 1.807) is 0 Å². The summed E-state index contributed by atoms with van der Waals surface area (Å²) in [7, 11) is 2.18. The molecule has 0 spiro atoms. The fraction of sp³-hybridized carbons (Fsp3) is 0.733. The smallest absolute Gasteiger partial charge is 0.225 e. The van der Waals surface area contributed by atoms with Gasteiger partial charge in [0.05, 0.1) is 0 Å². The molecule has 2 rings (SSSR count). The third kappa shape index (κ3) is 3.46. The minimum Gasteiger partial charge on any atom is -0.338 e. The van der Waals surface area contributed by atoms with Crippen LogP contribution in [0.4, 0.5) is 5.95 Å². The van der Waals surface area contributed by atoms with Crippen molar-refractivity contribution >= 4 is 5.95 Å². The molecule has 1 saturated heterocycles. The Kier molecular flexibility index (Phi) is 4.94. The van der Waals surface area contributed by atoms with Crippen molar-refractivity contribution in [3.05, 3.63) is 18.0 Å². The van der Waals surface area contributed by atoms with Gasteiger partial charge < -0.3 is 10.6 Å². The van der Waals surface area contributed by atoms with Gasteiger partial charge in [0.2, 0.25) is 5.95 Å². The lowest BCUT2D eigenvalue weighted by molar-refractivity contribution is 0.169. The number of likely N-dealkylation sites (N-methyl/N-ethyl adjacent to an activating group) is 1. The van der Waals surface area contributed by atoms with Crippen LogP contribution in [0.3, 0.4) is 0 Å². The van der Waals surface area contributed by atoms with Crippen LogP contribution in [-0.4, -0.2) is 53.1 Å². The summed E-state index contributed by atoms with van der Waals surface area (Å²) in [5.74, 6) is 0.839. The first-order valence-corrected chi connectivity index (χ1v) is 7.54. The minimum absolute atomic E-state index is 0.202. The van der Waals surface area contributed by atoms with Crippen LogP contribution in [0, 0.1) is 0 Å². The summed E-state index contributed by atoms with van der Waals surface area (Å²) in [5, 5.41) is 0. The number of rotatable bonds is 4. The van der Waals surface area contributed by atoms with Crippen LogP contribution in [-0.2, 0) is 6.42 Å². The molecule has 2 N–H and O–H groups in total. The van der Waals surface area contributed by atoms with Crippen LogP contribution in [0.25, 0.3) is 0 Å². The van der Waals surface area contributed by atoms with Crippen LogP contribution in [0.2, 0.25) is 0 Å². The lowest BCUT2D eigenvalue weighted by Crippen LogP contribution is -2.55. The molecule has 5 heteroatoms. The summed E-state index contributed by atoms with van der Waals surface area (Å²) in [6.07, 6.45) is 5.68. The van der Waals surface area contributed by atoms with E-state index in [9.17, 15) is 0 Å². The van der Waals surface area contributed by atoms with Crippen molar-refractivity contribution in [2.24, 2.45) is 5.73 Å². The zero-order valence-electron chi connectivity index (χ0n) is 13.1. The van der Waals surface area contributed by atoms with E-state index in [1.165, 1.54) is 0 Å². The summed E-state index contributed by atoms with van der Waals surface area (Å²) in [4.78, 5) is 13.7. The summed E-state index contributed by atoms with van der Waals surface area (Å²) in [5.41, 5.74) is 7.09. The van der Waals surface area contributed by atoms with E-state index in [1.807, 2.05) is 12.4 Å². The Morgan fingerprint density at radius 2 is 1.80 bits per heavy atom. The highest BCUT2D eigenvalue weighted by Gasteiger charge is 2.27. The monoisotopic (exact) mass is 277 g/mol. The molecular weight excluding hydrogens is 250 g/mol. The Bertz CT molecular complexity index is 407. The van der Waals surface area contributed by atoms with E-state index in [-0.39, 0.29) is 6.04 Å². The van der Waals surface area contributed by atoms with E-state index in [0.717, 1.165) is 37.4 Å². The van der Waals surface area contributed by atoms with Crippen molar-refractivity contribution in [1.29, 1.82) is 0 Å². The zero-order chi connectivity index (χ0) is 14.7. The van der Waals surface area contributed by atoms with Crippen molar-refractivity contribution in [2.75, 3.05) is 25.0 Å². The highest BCUT2D eigenvalue weighted by Crippen LogP contribution is 2.18. The predicted molar refractivity (Wildman–Crippen MR) is 82.9 cm³/mol. The van der Waals surface area contributed by atoms with E-state index in [2.05, 4.69) is 47.6 Å². The molecule has 1 aliphatic heterocycles. The second-order valence-corrected chi connectivity index (χ2v) is 6.03. The van der Waals surface area contributed by atoms with Gasteiger partial charge in [-0.05, 0) is 39.3 Å². The standard InChI is InChI=1S/C15H27N5/c1-5-14(16)6-13-7-17-15(18-8-13)20-9-11(2)19(4)12(3)10-20/h7-8,11-12,14H,5-6,9-10,16H2,1-4H3. The van der Waals surface area contributed by atoms with E-state index in [0.29, 0.717) is 12.1 Å². The minimum atomic E-state index is 0.202. The van der Waals surface area contributed by atoms with E-state index < -0.39 is 0 Å². The lowest BCUT2D eigenvalue weighted by Gasteiger charge is -2.42. The Labute approximate surface area is 122 Å². The average molecular weight is 277 g/mol. The van der Waals surface area contributed by atoms with Crippen molar-refractivity contribution in [3.8, 4) is 0 Å². The first-order valence-electron chi connectivity index (χ1n) is 7.54. The highest BCUT2D eigenvalue weighted by atomic mass is 15.3. The number of aromatic nitrogens is 2. The van der Waals surface area contributed by atoms with Gasteiger partial charge >= 0.3 is 0 Å². The number of nitrogens with zero attached hydrogens (tertiary/aromatic N) is 4. The van der Waals surface area contributed by atoms with E-state index >= 15 is 0 Å². The van der Waals surface area contributed by atoms with Crippen LogP contribution in [0.15, 0.2) is 12.4 Å². The normalized spacial score (nSPS) is 25.8. The van der Waals surface area contributed by atoms with Gasteiger partial charge in [-0.2, -0.15) is 0 Å². The van der Waals surface area contributed by atoms with Gasteiger partial charge in [-0.15, -0.1) is 0 Å². The van der Waals surface area contributed by atoms with Crippen molar-refractivity contribution in [2.45, 2.75) is 51.7 Å². The van der Waals surface area contributed by atoms with Crippen molar-refractivity contribution < 1.29 is 0 Å². The Hall–Kier alpha value is -1.20. The molecular formula is C15H27N5. The molecule has 1 aliphatic rings. The molecule has 0 saturated carbocycles. The highest BCUT2D eigenvalue weighted by molar-refractivity contribution is 5.32. The first-order chi connectivity index (χ1) is 9.51. The molecule has 1 fully saturated rings. The van der Waals surface area contributed by atoms with Crippen molar-refractivity contribution in [3.63, 3.8) is 0 Å². The fourth-order valence-electron chi connectivity index (χ4n) is 2.63. The first kappa shape index (κ1) is 15.2. The van der Waals surface area contributed by atoms with Crippen LogP contribution in [0.1, 0.15) is 32.8 Å². The number of piperazine rings is 1. The van der Waals surface area contributed by atoms with Gasteiger partial charge in [0, 0.05) is 43.6 Å². The second kappa shape index (κ2) is 6.50. The van der Waals surface area contributed by atoms with Crippen LogP contribution >= 0.6 is 0 Å². The van der Waals surface area contributed by atoms with Gasteiger partial charge in [0.1, 0.15) is 0 Å². The SMILES string of the molecule is CCC(N)Cc1cnc(N2CC(C)N(C)C(C)C2)nc1. The summed E-state index contributed by atoms with van der Waals surface area (Å²) >= 11 is 0. The molecule has 0 bridgehead atoms. The quantitative estimate of drug-likeness (QED) is 0.898. The average Bonchev–Trinajstić information content (AvgIpc) is 2.45. The van der Waals surface area contributed by atoms with Crippen LogP contribution in [0.5, 0.6) is 0 Å².